The van der Waals surface area contributed by atoms with Gasteiger partial charge < -0.3 is 9.64 Å². The Morgan fingerprint density at radius 3 is 2.42 bits per heavy atom. The number of amides is 1. The van der Waals surface area contributed by atoms with Crippen LogP contribution < -0.4 is 4.74 Å². The minimum Gasteiger partial charge on any atom is -0.488 e. The summed E-state index contributed by atoms with van der Waals surface area (Å²) in [6.45, 7) is 9.26. The summed E-state index contributed by atoms with van der Waals surface area (Å²) in [7, 11) is 0. The summed E-state index contributed by atoms with van der Waals surface area (Å²) in [5.41, 5.74) is 4.74. The van der Waals surface area contributed by atoms with Crippen molar-refractivity contribution >= 4 is 17.2 Å². The molecule has 0 N–H and O–H groups in total. The highest BCUT2D eigenvalue weighted by molar-refractivity contribution is 7.12. The third-order valence-corrected chi connectivity index (χ3v) is 6.90. The molecule has 7 heteroatoms. The highest BCUT2D eigenvalue weighted by Gasteiger charge is 2.24. The third kappa shape index (κ3) is 5.42. The van der Waals surface area contributed by atoms with E-state index in [9.17, 15) is 13.6 Å². The van der Waals surface area contributed by atoms with E-state index in [4.69, 9.17) is 4.74 Å². The molecule has 1 fully saturated rings. The van der Waals surface area contributed by atoms with Crippen LogP contribution in [0.25, 0.3) is 0 Å². The molecular formula is C26H28F2N2O2S. The van der Waals surface area contributed by atoms with Crippen LogP contribution in [0, 0.1) is 32.4 Å². The van der Waals surface area contributed by atoms with Gasteiger partial charge >= 0.3 is 0 Å². The van der Waals surface area contributed by atoms with Gasteiger partial charge in [0.15, 0.2) is 11.6 Å². The molecule has 1 saturated heterocycles. The minimum absolute atomic E-state index is 0.00512. The first kappa shape index (κ1) is 23.4. The van der Waals surface area contributed by atoms with Gasteiger partial charge in [-0.3, -0.25) is 9.69 Å². The zero-order chi connectivity index (χ0) is 23.5. The molecule has 2 heterocycles. The summed E-state index contributed by atoms with van der Waals surface area (Å²) >= 11 is 1.43. The fourth-order valence-corrected chi connectivity index (χ4v) is 5.15. The second kappa shape index (κ2) is 10.0. The normalized spacial score (nSPS) is 14.5. The maximum atomic E-state index is 13.9. The fourth-order valence-electron chi connectivity index (χ4n) is 4.29. The molecule has 4 rings (SSSR count). The van der Waals surface area contributed by atoms with Gasteiger partial charge in [0.2, 0.25) is 0 Å². The van der Waals surface area contributed by atoms with Crippen molar-refractivity contribution < 1.29 is 18.3 Å². The van der Waals surface area contributed by atoms with Crippen LogP contribution in [0.2, 0.25) is 0 Å². The molecule has 0 aliphatic carbocycles. The maximum absolute atomic E-state index is 13.9. The molecule has 1 aliphatic heterocycles. The number of rotatable bonds is 6. The van der Waals surface area contributed by atoms with Gasteiger partial charge in [0.05, 0.1) is 4.88 Å². The second-order valence-electron chi connectivity index (χ2n) is 8.62. The Bertz CT molecular complexity index is 1130. The van der Waals surface area contributed by atoms with E-state index in [1.807, 2.05) is 35.1 Å². The molecular weight excluding hydrogens is 442 g/mol. The predicted octanol–water partition coefficient (Wildman–Crippen LogP) is 5.49. The fraction of sp³-hybridized carbons (Fsp3) is 0.346. The van der Waals surface area contributed by atoms with Gasteiger partial charge in [-0.05, 0) is 49.4 Å². The monoisotopic (exact) mass is 470 g/mol. The number of thiophene rings is 1. The Morgan fingerprint density at radius 1 is 1.03 bits per heavy atom. The summed E-state index contributed by atoms with van der Waals surface area (Å²) in [4.78, 5) is 17.5. The Hall–Kier alpha value is -2.77. The van der Waals surface area contributed by atoms with Crippen molar-refractivity contribution in [1.29, 1.82) is 0 Å². The average Bonchev–Trinajstić information content (AvgIpc) is 3.25. The van der Waals surface area contributed by atoms with Crippen molar-refractivity contribution in [1.82, 2.24) is 9.80 Å². The van der Waals surface area contributed by atoms with Crippen LogP contribution in [0.1, 0.15) is 37.5 Å². The van der Waals surface area contributed by atoms with Crippen LogP contribution >= 0.6 is 11.3 Å². The average molecular weight is 471 g/mol. The number of ether oxygens (including phenoxy) is 1. The van der Waals surface area contributed by atoms with Crippen molar-refractivity contribution in [3.8, 4) is 5.75 Å². The lowest BCUT2D eigenvalue weighted by molar-refractivity contribution is 0.0631. The Kier molecular flexibility index (Phi) is 7.10. The van der Waals surface area contributed by atoms with Crippen molar-refractivity contribution in [2.24, 2.45) is 0 Å². The molecule has 0 spiro atoms. The summed E-state index contributed by atoms with van der Waals surface area (Å²) in [5.74, 6) is -0.720. The molecule has 4 nitrogen and oxygen atoms in total. The van der Waals surface area contributed by atoms with Crippen molar-refractivity contribution in [2.75, 3.05) is 26.2 Å². The molecule has 0 atom stereocenters. The quantitative estimate of drug-likeness (QED) is 0.478. The van der Waals surface area contributed by atoms with Crippen LogP contribution in [-0.4, -0.2) is 41.9 Å². The lowest BCUT2D eigenvalue weighted by atomic mass is 10.1. The molecule has 0 bridgehead atoms. The molecule has 2 aromatic carbocycles. The van der Waals surface area contributed by atoms with E-state index in [-0.39, 0.29) is 5.91 Å². The second-order valence-corrected chi connectivity index (χ2v) is 9.53. The number of carbonyl (C=O) groups is 1. The van der Waals surface area contributed by atoms with E-state index < -0.39 is 11.6 Å². The van der Waals surface area contributed by atoms with Gasteiger partial charge in [-0.1, -0.05) is 29.8 Å². The number of piperazine rings is 1. The zero-order valence-electron chi connectivity index (χ0n) is 19.2. The number of halogens is 2. The Morgan fingerprint density at radius 2 is 1.73 bits per heavy atom. The van der Waals surface area contributed by atoms with Gasteiger partial charge in [0.25, 0.3) is 5.91 Å². The number of carbonyl (C=O) groups excluding carboxylic acids is 1. The predicted molar refractivity (Wildman–Crippen MR) is 127 cm³/mol. The highest BCUT2D eigenvalue weighted by atomic mass is 32.1. The first-order valence-corrected chi connectivity index (χ1v) is 11.9. The van der Waals surface area contributed by atoms with Crippen LogP contribution in [0.4, 0.5) is 8.78 Å². The van der Waals surface area contributed by atoms with Crippen molar-refractivity contribution in [3.05, 3.63) is 86.1 Å². The molecule has 1 aromatic heterocycles. The van der Waals surface area contributed by atoms with Crippen LogP contribution in [0.5, 0.6) is 5.75 Å². The Balaban J connectivity index is 1.31. The van der Waals surface area contributed by atoms with Gasteiger partial charge in [-0.15, -0.1) is 11.3 Å². The highest BCUT2D eigenvalue weighted by Crippen LogP contribution is 2.27. The van der Waals surface area contributed by atoms with Crippen LogP contribution in [0.15, 0.2) is 41.8 Å². The summed E-state index contributed by atoms with van der Waals surface area (Å²) < 4.78 is 33.4. The number of hydrogen-bond donors (Lipinski definition) is 0. The van der Waals surface area contributed by atoms with E-state index in [0.717, 1.165) is 28.5 Å². The first-order valence-electron chi connectivity index (χ1n) is 11.0. The van der Waals surface area contributed by atoms with Gasteiger partial charge in [-0.25, -0.2) is 8.78 Å². The number of nitrogens with zero attached hydrogens (tertiary/aromatic N) is 2. The molecule has 0 unspecified atom stereocenters. The minimum atomic E-state index is -0.827. The molecule has 174 valence electrons. The van der Waals surface area contributed by atoms with E-state index in [2.05, 4.69) is 19.1 Å². The van der Waals surface area contributed by atoms with E-state index in [1.54, 1.807) is 6.07 Å². The third-order valence-electron chi connectivity index (χ3n) is 5.94. The van der Waals surface area contributed by atoms with Crippen LogP contribution in [-0.2, 0) is 13.2 Å². The lowest BCUT2D eigenvalue weighted by Gasteiger charge is -2.34. The zero-order valence-corrected chi connectivity index (χ0v) is 20.0. The molecule has 0 radical (unpaired) electrons. The van der Waals surface area contributed by atoms with Gasteiger partial charge in [0.1, 0.15) is 12.4 Å². The first-order chi connectivity index (χ1) is 15.8. The molecule has 1 amide bonds. The van der Waals surface area contributed by atoms with E-state index in [0.29, 0.717) is 49.8 Å². The SMILES string of the molecule is Cc1cc(C)c(OCc2csc(C(=O)N3CCN(Cc4cccc(F)c4F)CC3)c2)c(C)c1. The molecule has 0 saturated carbocycles. The Labute approximate surface area is 197 Å². The van der Waals surface area contributed by atoms with Gasteiger partial charge in [-0.2, -0.15) is 0 Å². The largest absolute Gasteiger partial charge is 0.488 e. The summed E-state index contributed by atoms with van der Waals surface area (Å²) in [6, 6.07) is 10.4. The van der Waals surface area contributed by atoms with Crippen LogP contribution in [0.3, 0.4) is 0 Å². The standard InChI is InChI=1S/C26H28F2N2O2S/c1-17-11-18(2)25(19(3)12-17)32-15-20-13-23(33-16-20)26(31)30-9-7-29(8-10-30)14-21-5-4-6-22(27)24(21)28/h4-6,11-13,16H,7-10,14-15H2,1-3H3. The topological polar surface area (TPSA) is 32.8 Å². The summed E-state index contributed by atoms with van der Waals surface area (Å²) in [5, 5.41) is 1.97. The molecule has 1 aliphatic rings. The van der Waals surface area contributed by atoms with Crippen molar-refractivity contribution in [3.63, 3.8) is 0 Å². The van der Waals surface area contributed by atoms with Crippen molar-refractivity contribution in [2.45, 2.75) is 33.9 Å². The number of hydrogen-bond acceptors (Lipinski definition) is 4. The smallest absolute Gasteiger partial charge is 0.264 e. The number of aryl methyl sites for hydroxylation is 3. The maximum Gasteiger partial charge on any atom is 0.264 e. The number of benzene rings is 2. The molecule has 3 aromatic rings. The lowest BCUT2D eigenvalue weighted by Crippen LogP contribution is -2.48. The van der Waals surface area contributed by atoms with E-state index >= 15 is 0 Å². The van der Waals surface area contributed by atoms with Gasteiger partial charge in [0, 0.05) is 43.9 Å². The van der Waals surface area contributed by atoms with E-state index in [1.165, 1.54) is 23.0 Å². The molecule has 33 heavy (non-hydrogen) atoms. The summed E-state index contributed by atoms with van der Waals surface area (Å²) in [6.07, 6.45) is 0.